The van der Waals surface area contributed by atoms with Gasteiger partial charge in [-0.15, -0.1) is 23.2 Å². The second kappa shape index (κ2) is 10.0. The molecule has 0 bridgehead atoms. The predicted octanol–water partition coefficient (Wildman–Crippen LogP) is 3.34. The van der Waals surface area contributed by atoms with E-state index >= 15 is 0 Å². The van der Waals surface area contributed by atoms with Crippen LogP contribution in [0.2, 0.25) is 0 Å². The molecule has 0 heterocycles. The van der Waals surface area contributed by atoms with Gasteiger partial charge in [0, 0.05) is 47.4 Å². The Balaban J connectivity index is 2.04. The van der Waals surface area contributed by atoms with E-state index in [1.165, 1.54) is 12.1 Å². The summed E-state index contributed by atoms with van der Waals surface area (Å²) in [6.45, 7) is 1.35. The molecular weight excluding hydrogens is 377 g/mol. The molecule has 0 saturated carbocycles. The first-order chi connectivity index (χ1) is 12.6. The second-order valence-electron chi connectivity index (χ2n) is 5.38. The number of amides is 2. The third-order valence-corrected chi connectivity index (χ3v) is 4.05. The van der Waals surface area contributed by atoms with Crippen molar-refractivity contribution in [3.63, 3.8) is 0 Å². The number of rotatable bonds is 8. The number of hydrogen-bond acceptors (Lipinski definition) is 4. The lowest BCUT2D eigenvalue weighted by Crippen LogP contribution is -2.27. The fourth-order valence-electron chi connectivity index (χ4n) is 2.37. The zero-order valence-electron chi connectivity index (χ0n) is 13.9. The highest BCUT2D eigenvalue weighted by molar-refractivity contribution is 6.18. The number of hydrogen-bond donors (Lipinski definition) is 3. The van der Waals surface area contributed by atoms with E-state index in [9.17, 15) is 9.59 Å². The Labute approximate surface area is 161 Å². The van der Waals surface area contributed by atoms with Crippen LogP contribution in [0.15, 0.2) is 48.5 Å². The smallest absolute Gasteiger partial charge is 0.274 e. The van der Waals surface area contributed by atoms with Crippen LogP contribution in [-0.4, -0.2) is 41.9 Å². The van der Waals surface area contributed by atoms with Crippen LogP contribution in [0.3, 0.4) is 0 Å². The van der Waals surface area contributed by atoms with E-state index in [0.717, 1.165) is 5.69 Å². The predicted molar refractivity (Wildman–Crippen MR) is 104 cm³/mol. The monoisotopic (exact) mass is 395 g/mol. The van der Waals surface area contributed by atoms with Crippen LogP contribution in [0.5, 0.6) is 0 Å². The van der Waals surface area contributed by atoms with Gasteiger partial charge in [-0.2, -0.15) is 0 Å². The van der Waals surface area contributed by atoms with Crippen molar-refractivity contribution in [2.45, 2.75) is 0 Å². The third kappa shape index (κ3) is 5.36. The molecule has 0 saturated heterocycles. The Bertz CT molecular complexity index is 730. The van der Waals surface area contributed by atoms with Crippen molar-refractivity contribution in [1.82, 2.24) is 5.48 Å². The van der Waals surface area contributed by atoms with E-state index < -0.39 is 5.91 Å². The number of alkyl halides is 2. The van der Waals surface area contributed by atoms with E-state index in [0.29, 0.717) is 36.1 Å². The van der Waals surface area contributed by atoms with Crippen molar-refractivity contribution >= 4 is 46.4 Å². The van der Waals surface area contributed by atoms with Gasteiger partial charge in [0.25, 0.3) is 11.8 Å². The maximum atomic E-state index is 12.3. The summed E-state index contributed by atoms with van der Waals surface area (Å²) in [5.41, 5.74) is 3.83. The molecular formula is C18H19Cl2N3O3. The second-order valence-corrected chi connectivity index (χ2v) is 6.14. The van der Waals surface area contributed by atoms with Crippen molar-refractivity contribution in [1.29, 1.82) is 0 Å². The molecule has 0 radical (unpaired) electrons. The molecule has 0 aliphatic carbocycles. The highest BCUT2D eigenvalue weighted by Crippen LogP contribution is 2.17. The molecule has 0 aliphatic heterocycles. The molecule has 138 valence electrons. The number of carbonyl (C=O) groups is 2. The van der Waals surface area contributed by atoms with Crippen LogP contribution in [0, 0.1) is 0 Å². The first-order valence-electron chi connectivity index (χ1n) is 7.92. The van der Waals surface area contributed by atoms with Crippen molar-refractivity contribution in [2.75, 3.05) is 35.1 Å². The summed E-state index contributed by atoms with van der Waals surface area (Å²) in [4.78, 5) is 25.7. The summed E-state index contributed by atoms with van der Waals surface area (Å²) in [7, 11) is 0. The largest absolute Gasteiger partial charge is 0.369 e. The maximum absolute atomic E-state index is 12.3. The highest BCUT2D eigenvalue weighted by Gasteiger charge is 2.10. The molecule has 3 N–H and O–H groups in total. The van der Waals surface area contributed by atoms with Gasteiger partial charge < -0.3 is 10.2 Å². The molecule has 0 atom stereocenters. The number of nitrogens with one attached hydrogen (secondary N) is 2. The number of anilines is 2. The number of halogens is 2. The van der Waals surface area contributed by atoms with Crippen molar-refractivity contribution in [3.05, 3.63) is 59.7 Å². The Morgan fingerprint density at radius 3 is 1.85 bits per heavy atom. The zero-order chi connectivity index (χ0) is 18.9. The molecule has 2 aromatic carbocycles. The van der Waals surface area contributed by atoms with Gasteiger partial charge in [0.2, 0.25) is 0 Å². The maximum Gasteiger partial charge on any atom is 0.274 e. The highest BCUT2D eigenvalue weighted by atomic mass is 35.5. The lowest BCUT2D eigenvalue weighted by Gasteiger charge is -2.22. The quantitative estimate of drug-likeness (QED) is 0.363. The van der Waals surface area contributed by atoms with Crippen molar-refractivity contribution in [3.8, 4) is 0 Å². The van der Waals surface area contributed by atoms with E-state index in [-0.39, 0.29) is 11.5 Å². The van der Waals surface area contributed by atoms with Gasteiger partial charge in [-0.3, -0.25) is 14.8 Å². The summed E-state index contributed by atoms with van der Waals surface area (Å²) in [5, 5.41) is 11.3. The third-order valence-electron chi connectivity index (χ3n) is 3.71. The van der Waals surface area contributed by atoms with Crippen LogP contribution in [0.4, 0.5) is 11.4 Å². The molecule has 2 aromatic rings. The normalized spacial score (nSPS) is 10.3. The Morgan fingerprint density at radius 2 is 1.35 bits per heavy atom. The summed E-state index contributed by atoms with van der Waals surface area (Å²) in [6, 6.07) is 13.3. The average molecular weight is 396 g/mol. The number of carbonyl (C=O) groups excluding carboxylic acids is 2. The summed E-state index contributed by atoms with van der Waals surface area (Å²) in [5.74, 6) is 0.0985. The van der Waals surface area contributed by atoms with E-state index in [4.69, 9.17) is 28.4 Å². The molecule has 0 fully saturated rings. The summed E-state index contributed by atoms with van der Waals surface area (Å²) in [6.07, 6.45) is 0. The molecule has 6 nitrogen and oxygen atoms in total. The molecule has 8 heteroatoms. The van der Waals surface area contributed by atoms with E-state index in [2.05, 4.69) is 5.32 Å². The van der Waals surface area contributed by atoms with Gasteiger partial charge in [-0.25, -0.2) is 5.48 Å². The topological polar surface area (TPSA) is 81.7 Å². The SMILES string of the molecule is O=C(NO)c1ccc(NC(=O)c2ccc(N(CCCl)CCCl)cc2)cc1. The van der Waals surface area contributed by atoms with Crippen LogP contribution in [0.25, 0.3) is 0 Å². The fourth-order valence-corrected chi connectivity index (χ4v) is 2.78. The molecule has 2 amide bonds. The van der Waals surface area contributed by atoms with Crippen LogP contribution in [-0.2, 0) is 0 Å². The van der Waals surface area contributed by atoms with Gasteiger partial charge in [0.05, 0.1) is 0 Å². The first-order valence-corrected chi connectivity index (χ1v) is 8.98. The molecule has 0 unspecified atom stereocenters. The summed E-state index contributed by atoms with van der Waals surface area (Å²) >= 11 is 11.6. The molecule has 0 aromatic heterocycles. The van der Waals surface area contributed by atoms with Gasteiger partial charge in [0.15, 0.2) is 0 Å². The average Bonchev–Trinajstić information content (AvgIpc) is 2.68. The zero-order valence-corrected chi connectivity index (χ0v) is 15.4. The summed E-state index contributed by atoms with van der Waals surface area (Å²) < 4.78 is 0. The lowest BCUT2D eigenvalue weighted by atomic mass is 10.1. The standard InChI is InChI=1S/C18H19Cl2N3O3/c19-9-11-23(12-10-20)16-7-3-13(4-8-16)17(24)21-15-5-1-14(2-6-15)18(25)22-26/h1-8,26H,9-12H2,(H,21,24)(H,22,25). The van der Waals surface area contributed by atoms with Gasteiger partial charge in [0.1, 0.15) is 0 Å². The first kappa shape index (κ1) is 20.0. The van der Waals surface area contributed by atoms with Gasteiger partial charge in [-0.1, -0.05) is 0 Å². The number of hydroxylamine groups is 1. The minimum Gasteiger partial charge on any atom is -0.369 e. The van der Waals surface area contributed by atoms with Crippen molar-refractivity contribution < 1.29 is 14.8 Å². The molecule has 0 aliphatic rings. The minimum absolute atomic E-state index is 0.267. The van der Waals surface area contributed by atoms with Gasteiger partial charge >= 0.3 is 0 Å². The van der Waals surface area contributed by atoms with Crippen LogP contribution < -0.4 is 15.7 Å². The number of nitrogens with zero attached hydrogens (tertiary/aromatic N) is 1. The number of benzene rings is 2. The molecule has 0 spiro atoms. The van der Waals surface area contributed by atoms with Crippen LogP contribution in [0.1, 0.15) is 20.7 Å². The van der Waals surface area contributed by atoms with E-state index in [1.54, 1.807) is 29.7 Å². The Kier molecular flexibility index (Phi) is 7.72. The molecule has 26 heavy (non-hydrogen) atoms. The molecule has 2 rings (SSSR count). The van der Waals surface area contributed by atoms with Crippen LogP contribution >= 0.6 is 23.2 Å². The van der Waals surface area contributed by atoms with Crippen molar-refractivity contribution in [2.24, 2.45) is 0 Å². The minimum atomic E-state index is -0.614. The lowest BCUT2D eigenvalue weighted by molar-refractivity contribution is 0.0706. The van der Waals surface area contributed by atoms with E-state index in [1.807, 2.05) is 17.0 Å². The Hall–Kier alpha value is -2.28. The van der Waals surface area contributed by atoms with Gasteiger partial charge in [-0.05, 0) is 48.5 Å². The Morgan fingerprint density at radius 1 is 0.846 bits per heavy atom. The fraction of sp³-hybridized carbons (Fsp3) is 0.222.